The Morgan fingerprint density at radius 1 is 0.411 bits per heavy atom. The van der Waals surface area contributed by atoms with Crippen LogP contribution in [0.3, 0.4) is 0 Å². The number of rotatable bonds is 69. The van der Waals surface area contributed by atoms with E-state index in [9.17, 15) is 35.1 Å². The second-order valence-electron chi connectivity index (χ2n) is 27.1. The number of allylic oxidation sites excluding steroid dienone is 7. The maximum absolute atomic E-state index is 13.0. The molecule has 7 unspecified atom stereocenters. The number of aliphatic hydroxyl groups is 5. The third kappa shape index (κ3) is 56.0. The summed E-state index contributed by atoms with van der Waals surface area (Å²) in [5.41, 5.74) is 0. The van der Waals surface area contributed by atoms with Crippen LogP contribution >= 0.6 is 0 Å². The maximum Gasteiger partial charge on any atom is 0.305 e. The Morgan fingerprint density at radius 2 is 0.756 bits per heavy atom. The smallest absolute Gasteiger partial charge is 0.305 e. The molecule has 1 fully saturated rings. The summed E-state index contributed by atoms with van der Waals surface area (Å²) in [6.45, 7) is 4.34. The summed E-state index contributed by atoms with van der Waals surface area (Å²) in [4.78, 5) is 25.1. The summed E-state index contributed by atoms with van der Waals surface area (Å²) in [6, 6.07) is -0.825. The van der Waals surface area contributed by atoms with Crippen molar-refractivity contribution < 1.29 is 49.3 Å². The number of carbonyl (C=O) groups excluding carboxylic acids is 2. The van der Waals surface area contributed by atoms with Crippen LogP contribution in [0, 0.1) is 0 Å². The van der Waals surface area contributed by atoms with E-state index in [1.54, 1.807) is 6.08 Å². The molecule has 6 N–H and O–H groups in total. The molecule has 0 spiro atoms. The lowest BCUT2D eigenvalue weighted by atomic mass is 9.99. The lowest BCUT2D eigenvalue weighted by Gasteiger charge is -2.40. The van der Waals surface area contributed by atoms with Crippen LogP contribution in [0.1, 0.15) is 380 Å². The lowest BCUT2D eigenvalue weighted by molar-refractivity contribution is -0.302. The van der Waals surface area contributed by atoms with Gasteiger partial charge in [-0.3, -0.25) is 9.59 Å². The van der Waals surface area contributed by atoms with E-state index in [0.29, 0.717) is 19.4 Å². The van der Waals surface area contributed by atoms with E-state index in [2.05, 4.69) is 55.6 Å². The average molecular weight is 1270 g/mol. The Bertz CT molecular complexity index is 1630. The van der Waals surface area contributed by atoms with Gasteiger partial charge >= 0.3 is 5.97 Å². The molecule has 0 bridgehead atoms. The number of nitrogens with one attached hydrogen (secondary N) is 1. The average Bonchev–Trinajstić information content (AvgIpc) is 3.56. The van der Waals surface area contributed by atoms with Crippen molar-refractivity contribution in [2.24, 2.45) is 0 Å². The van der Waals surface area contributed by atoms with Crippen molar-refractivity contribution in [3.05, 3.63) is 48.6 Å². The molecule has 90 heavy (non-hydrogen) atoms. The number of esters is 1. The Kier molecular flexibility index (Phi) is 64.7. The van der Waals surface area contributed by atoms with Crippen molar-refractivity contribution in [2.75, 3.05) is 19.8 Å². The van der Waals surface area contributed by atoms with Crippen LogP contribution in [-0.4, -0.2) is 100 Å². The van der Waals surface area contributed by atoms with Gasteiger partial charge in [-0.25, -0.2) is 0 Å². The maximum atomic E-state index is 13.0. The van der Waals surface area contributed by atoms with E-state index in [1.165, 1.54) is 295 Å². The van der Waals surface area contributed by atoms with Gasteiger partial charge in [0.2, 0.25) is 5.91 Å². The summed E-state index contributed by atoms with van der Waals surface area (Å²) in [6.07, 6.45) is 80.1. The SMILES string of the molecule is CCCCCC/C=C/CC/C=C/C(O)C(COC1OC(CO)C(O)C(O)C1O)NC(=O)CCCCCCCCCCCCCCCCCCC/C=C\C/C=C\CCCCCCCCCCCCCCCOC(=O)CCCCCCCCCCCCCCCCC. The molecular weight excluding hydrogens is 1120 g/mol. The first kappa shape index (κ1) is 85.6. The molecule has 528 valence electrons. The largest absolute Gasteiger partial charge is 0.466 e. The van der Waals surface area contributed by atoms with Crippen molar-refractivity contribution in [3.8, 4) is 0 Å². The fourth-order valence-corrected chi connectivity index (χ4v) is 12.3. The van der Waals surface area contributed by atoms with Gasteiger partial charge < -0.3 is 45.1 Å². The lowest BCUT2D eigenvalue weighted by Crippen LogP contribution is -2.60. The topological polar surface area (TPSA) is 175 Å². The summed E-state index contributed by atoms with van der Waals surface area (Å²) in [7, 11) is 0. The van der Waals surface area contributed by atoms with Crippen LogP contribution in [0.2, 0.25) is 0 Å². The van der Waals surface area contributed by atoms with Gasteiger partial charge in [0.25, 0.3) is 0 Å². The van der Waals surface area contributed by atoms with Gasteiger partial charge in [-0.2, -0.15) is 0 Å². The zero-order valence-corrected chi connectivity index (χ0v) is 58.9. The van der Waals surface area contributed by atoms with Crippen LogP contribution < -0.4 is 5.32 Å². The number of amides is 1. The molecule has 1 aliphatic heterocycles. The zero-order chi connectivity index (χ0) is 65.1. The molecule has 0 aromatic carbocycles. The molecule has 1 saturated heterocycles. The molecule has 1 heterocycles. The molecule has 11 nitrogen and oxygen atoms in total. The van der Waals surface area contributed by atoms with Gasteiger partial charge in [-0.15, -0.1) is 0 Å². The Balaban J connectivity index is 1.89. The molecule has 1 amide bonds. The molecule has 1 aliphatic rings. The van der Waals surface area contributed by atoms with Crippen LogP contribution in [0.4, 0.5) is 0 Å². The van der Waals surface area contributed by atoms with Crippen molar-refractivity contribution >= 4 is 11.9 Å². The summed E-state index contributed by atoms with van der Waals surface area (Å²) in [5.74, 6) is -0.174. The predicted molar refractivity (Wildman–Crippen MR) is 380 cm³/mol. The third-order valence-corrected chi connectivity index (χ3v) is 18.4. The summed E-state index contributed by atoms with van der Waals surface area (Å²) in [5, 5.41) is 54.3. The number of hydrogen-bond donors (Lipinski definition) is 6. The molecule has 0 saturated carbocycles. The number of hydrogen-bond acceptors (Lipinski definition) is 10. The van der Waals surface area contributed by atoms with Crippen LogP contribution in [0.25, 0.3) is 0 Å². The first-order valence-corrected chi connectivity index (χ1v) is 38.9. The highest BCUT2D eigenvalue weighted by atomic mass is 16.7. The highest BCUT2D eigenvalue weighted by Crippen LogP contribution is 2.24. The van der Waals surface area contributed by atoms with Crippen LogP contribution in [-0.2, 0) is 23.8 Å². The number of carbonyl (C=O) groups is 2. The van der Waals surface area contributed by atoms with Crippen molar-refractivity contribution in [2.45, 2.75) is 423 Å². The fourth-order valence-electron chi connectivity index (χ4n) is 12.3. The highest BCUT2D eigenvalue weighted by Gasteiger charge is 2.44. The van der Waals surface area contributed by atoms with Crippen molar-refractivity contribution in [1.29, 1.82) is 0 Å². The normalized spacial score (nSPS) is 17.9. The first-order chi connectivity index (χ1) is 44.2. The van der Waals surface area contributed by atoms with Gasteiger partial charge in [0.15, 0.2) is 6.29 Å². The quantitative estimate of drug-likeness (QED) is 0.0195. The van der Waals surface area contributed by atoms with Gasteiger partial charge in [-0.05, 0) is 77.0 Å². The van der Waals surface area contributed by atoms with Crippen LogP contribution in [0.5, 0.6) is 0 Å². The number of aliphatic hydroxyl groups excluding tert-OH is 5. The molecule has 0 aliphatic carbocycles. The van der Waals surface area contributed by atoms with E-state index in [1.807, 2.05) is 6.08 Å². The standard InChI is InChI=1S/C79H147NO10/c1-3-5-7-9-11-13-15-16-40-44-47-51-55-59-63-67-75(84)88-68-64-60-56-52-48-45-42-39-37-35-33-31-29-27-25-23-21-19-17-18-20-22-24-26-28-30-32-34-36-38-41-43-46-50-54-58-62-66-74(83)80-71(70-89-79-78(87)77(86)76(85)73(69-81)90-79)72(82)65-61-57-53-49-14-12-10-8-6-4-2/h14,17,19,23,25,49,61,65,71-73,76-79,81-82,85-87H,3-13,15-16,18,20-22,24,26-48,50-60,62-64,66-70H2,1-2H3,(H,80,83)/b19-17-,25-23-,49-14+,65-61+. The highest BCUT2D eigenvalue weighted by molar-refractivity contribution is 5.76. The van der Waals surface area contributed by atoms with E-state index >= 15 is 0 Å². The predicted octanol–water partition coefficient (Wildman–Crippen LogP) is 20.7. The minimum Gasteiger partial charge on any atom is -0.466 e. The van der Waals surface area contributed by atoms with Crippen LogP contribution in [0.15, 0.2) is 48.6 Å². The van der Waals surface area contributed by atoms with E-state index in [-0.39, 0.29) is 18.5 Å². The second kappa shape index (κ2) is 68.0. The van der Waals surface area contributed by atoms with Crippen molar-refractivity contribution in [3.63, 3.8) is 0 Å². The molecular formula is C79H147NO10. The fraction of sp³-hybridized carbons (Fsp3) is 0.873. The summed E-state index contributed by atoms with van der Waals surface area (Å²) < 4.78 is 16.7. The molecule has 0 radical (unpaired) electrons. The molecule has 0 aromatic heterocycles. The van der Waals surface area contributed by atoms with Gasteiger partial charge in [-0.1, -0.05) is 339 Å². The molecule has 7 atom stereocenters. The minimum atomic E-state index is -1.57. The van der Waals surface area contributed by atoms with Gasteiger partial charge in [0, 0.05) is 12.8 Å². The summed E-state index contributed by atoms with van der Waals surface area (Å²) >= 11 is 0. The monoisotopic (exact) mass is 1270 g/mol. The van der Waals surface area contributed by atoms with E-state index in [4.69, 9.17) is 14.2 Å². The Hall–Kier alpha value is -2.38. The Labute approximate surface area is 555 Å². The zero-order valence-electron chi connectivity index (χ0n) is 58.9. The van der Waals surface area contributed by atoms with E-state index < -0.39 is 49.5 Å². The number of unbranched alkanes of at least 4 members (excludes halogenated alkanes) is 49. The van der Waals surface area contributed by atoms with Gasteiger partial charge in [0.1, 0.15) is 24.4 Å². The van der Waals surface area contributed by atoms with Crippen molar-refractivity contribution in [1.82, 2.24) is 5.32 Å². The number of ether oxygens (including phenoxy) is 3. The second-order valence-corrected chi connectivity index (χ2v) is 27.1. The molecule has 1 rings (SSSR count). The molecule has 11 heteroatoms. The third-order valence-electron chi connectivity index (χ3n) is 18.4. The van der Waals surface area contributed by atoms with E-state index in [0.717, 1.165) is 57.8 Å². The van der Waals surface area contributed by atoms with Gasteiger partial charge in [0.05, 0.1) is 32.0 Å². The molecule has 0 aromatic rings. The first-order valence-electron chi connectivity index (χ1n) is 38.9. The minimum absolute atomic E-state index is 0.0157. The Morgan fingerprint density at radius 3 is 1.18 bits per heavy atom.